The third-order valence-electron chi connectivity index (χ3n) is 1.82. The van der Waals surface area contributed by atoms with Crippen LogP contribution in [0.15, 0.2) is 24.3 Å². The van der Waals surface area contributed by atoms with E-state index in [-0.39, 0.29) is 5.75 Å². The second-order valence-corrected chi connectivity index (χ2v) is 4.71. The highest BCUT2D eigenvalue weighted by Crippen LogP contribution is 2.13. The van der Waals surface area contributed by atoms with E-state index in [1.807, 2.05) is 0 Å². The second kappa shape index (κ2) is 4.86. The fourth-order valence-electron chi connectivity index (χ4n) is 1.13. The molecule has 0 unspecified atom stereocenters. The Kier molecular flexibility index (Phi) is 3.73. The van der Waals surface area contributed by atoms with Gasteiger partial charge >= 0.3 is 11.8 Å². The van der Waals surface area contributed by atoms with Crippen LogP contribution in [-0.2, 0) is 9.59 Å². The number of amides is 2. The van der Waals surface area contributed by atoms with Crippen molar-refractivity contribution in [3.05, 3.63) is 24.3 Å². The molecule has 0 atom stereocenters. The number of anilines is 1. The van der Waals surface area contributed by atoms with Crippen LogP contribution in [0.2, 0.25) is 0 Å². The third-order valence-corrected chi connectivity index (χ3v) is 1.82. The lowest BCUT2D eigenvalue weighted by Gasteiger charge is -2.19. The molecule has 0 aliphatic carbocycles. The zero-order chi connectivity index (χ0) is 13.1. The molecule has 0 aromatic heterocycles. The minimum Gasteiger partial charge on any atom is -0.508 e. The number of phenolic OH excluding ortho intramolecular Hbond substituents is 1. The van der Waals surface area contributed by atoms with E-state index in [4.69, 9.17) is 5.11 Å². The smallest absolute Gasteiger partial charge is 0.313 e. The van der Waals surface area contributed by atoms with Gasteiger partial charge in [0.1, 0.15) is 5.75 Å². The summed E-state index contributed by atoms with van der Waals surface area (Å²) in [7, 11) is 0. The summed E-state index contributed by atoms with van der Waals surface area (Å²) in [5, 5.41) is 14.0. The van der Waals surface area contributed by atoms with E-state index in [0.29, 0.717) is 5.69 Å². The molecule has 1 rings (SSSR count). The van der Waals surface area contributed by atoms with Crippen LogP contribution < -0.4 is 10.6 Å². The van der Waals surface area contributed by atoms with Crippen molar-refractivity contribution in [2.24, 2.45) is 0 Å². The molecule has 92 valence electrons. The first-order chi connectivity index (χ1) is 7.78. The summed E-state index contributed by atoms with van der Waals surface area (Å²) in [4.78, 5) is 22.9. The summed E-state index contributed by atoms with van der Waals surface area (Å²) in [5.41, 5.74) is 0.000444. The SMILES string of the molecule is CC(C)(C)NC(=O)C(=O)Nc1ccc(O)cc1. The molecule has 0 saturated carbocycles. The van der Waals surface area contributed by atoms with Crippen LogP contribution in [0.25, 0.3) is 0 Å². The van der Waals surface area contributed by atoms with Gasteiger partial charge in [-0.05, 0) is 45.0 Å². The molecule has 17 heavy (non-hydrogen) atoms. The van der Waals surface area contributed by atoms with Crippen molar-refractivity contribution in [3.8, 4) is 5.75 Å². The van der Waals surface area contributed by atoms with Crippen molar-refractivity contribution in [2.75, 3.05) is 5.32 Å². The predicted octanol–water partition coefficient (Wildman–Crippen LogP) is 1.25. The van der Waals surface area contributed by atoms with Gasteiger partial charge in [0.15, 0.2) is 0 Å². The topological polar surface area (TPSA) is 78.4 Å². The fraction of sp³-hybridized carbons (Fsp3) is 0.333. The summed E-state index contributed by atoms with van der Waals surface area (Å²) >= 11 is 0. The van der Waals surface area contributed by atoms with Crippen molar-refractivity contribution < 1.29 is 14.7 Å². The Bertz CT molecular complexity index is 418. The van der Waals surface area contributed by atoms with Crippen molar-refractivity contribution in [1.29, 1.82) is 0 Å². The standard InChI is InChI=1S/C12H16N2O3/c1-12(2,3)14-11(17)10(16)13-8-4-6-9(15)7-5-8/h4-7,15H,1-3H3,(H,13,16)(H,14,17). The van der Waals surface area contributed by atoms with E-state index >= 15 is 0 Å². The second-order valence-electron chi connectivity index (χ2n) is 4.71. The van der Waals surface area contributed by atoms with Crippen LogP contribution >= 0.6 is 0 Å². The zero-order valence-corrected chi connectivity index (χ0v) is 10.1. The number of hydrogen-bond donors (Lipinski definition) is 3. The number of hydrogen-bond acceptors (Lipinski definition) is 3. The molecule has 0 aliphatic heterocycles. The molecular weight excluding hydrogens is 220 g/mol. The van der Waals surface area contributed by atoms with Crippen molar-refractivity contribution >= 4 is 17.5 Å². The maximum Gasteiger partial charge on any atom is 0.313 e. The maximum atomic E-state index is 11.5. The Morgan fingerprint density at radius 1 is 1.06 bits per heavy atom. The van der Waals surface area contributed by atoms with Crippen LogP contribution in [-0.4, -0.2) is 22.5 Å². The number of benzene rings is 1. The molecule has 0 bridgehead atoms. The molecule has 0 heterocycles. The average Bonchev–Trinajstić information content (AvgIpc) is 2.19. The van der Waals surface area contributed by atoms with Gasteiger partial charge < -0.3 is 15.7 Å². The number of carbonyl (C=O) groups excluding carboxylic acids is 2. The zero-order valence-electron chi connectivity index (χ0n) is 10.1. The minimum atomic E-state index is -0.731. The Hall–Kier alpha value is -2.04. The molecule has 5 nitrogen and oxygen atoms in total. The Morgan fingerprint density at radius 3 is 2.06 bits per heavy atom. The molecule has 0 radical (unpaired) electrons. The largest absolute Gasteiger partial charge is 0.508 e. The van der Waals surface area contributed by atoms with Crippen LogP contribution in [0.3, 0.4) is 0 Å². The van der Waals surface area contributed by atoms with Crippen LogP contribution in [0.1, 0.15) is 20.8 Å². The lowest BCUT2D eigenvalue weighted by atomic mass is 10.1. The molecule has 0 saturated heterocycles. The van der Waals surface area contributed by atoms with E-state index in [1.54, 1.807) is 20.8 Å². The predicted molar refractivity (Wildman–Crippen MR) is 64.6 cm³/mol. The summed E-state index contributed by atoms with van der Waals surface area (Å²) in [6.07, 6.45) is 0. The highest BCUT2D eigenvalue weighted by molar-refractivity contribution is 6.39. The van der Waals surface area contributed by atoms with Gasteiger partial charge in [-0.1, -0.05) is 0 Å². The minimum absolute atomic E-state index is 0.0992. The van der Waals surface area contributed by atoms with Crippen molar-refractivity contribution in [1.82, 2.24) is 5.32 Å². The van der Waals surface area contributed by atoms with Gasteiger partial charge in [-0.15, -0.1) is 0 Å². The average molecular weight is 236 g/mol. The van der Waals surface area contributed by atoms with Crippen LogP contribution in [0, 0.1) is 0 Å². The summed E-state index contributed by atoms with van der Waals surface area (Å²) in [5.74, 6) is -1.32. The Balaban J connectivity index is 2.60. The van der Waals surface area contributed by atoms with Crippen molar-refractivity contribution in [3.63, 3.8) is 0 Å². The van der Waals surface area contributed by atoms with E-state index < -0.39 is 17.4 Å². The molecular formula is C12H16N2O3. The van der Waals surface area contributed by atoms with Gasteiger partial charge in [-0.25, -0.2) is 0 Å². The maximum absolute atomic E-state index is 11.5. The van der Waals surface area contributed by atoms with E-state index in [9.17, 15) is 9.59 Å². The van der Waals surface area contributed by atoms with Gasteiger partial charge in [0.05, 0.1) is 0 Å². The highest BCUT2D eigenvalue weighted by Gasteiger charge is 2.20. The molecule has 0 aliphatic rings. The third kappa shape index (κ3) is 4.55. The van der Waals surface area contributed by atoms with Crippen LogP contribution in [0.4, 0.5) is 5.69 Å². The monoisotopic (exact) mass is 236 g/mol. The van der Waals surface area contributed by atoms with Gasteiger partial charge in [0.25, 0.3) is 0 Å². The lowest BCUT2D eigenvalue weighted by Crippen LogP contribution is -2.46. The molecule has 5 heteroatoms. The van der Waals surface area contributed by atoms with Gasteiger partial charge in [0, 0.05) is 11.2 Å². The summed E-state index contributed by atoms with van der Waals surface area (Å²) in [6, 6.07) is 5.88. The highest BCUT2D eigenvalue weighted by atomic mass is 16.3. The number of phenols is 1. The first-order valence-electron chi connectivity index (χ1n) is 5.20. The molecule has 3 N–H and O–H groups in total. The lowest BCUT2D eigenvalue weighted by molar-refractivity contribution is -0.137. The van der Waals surface area contributed by atoms with Crippen LogP contribution in [0.5, 0.6) is 5.75 Å². The number of aromatic hydroxyl groups is 1. The quantitative estimate of drug-likeness (QED) is 0.507. The molecule has 0 spiro atoms. The van der Waals surface area contributed by atoms with E-state index in [2.05, 4.69) is 10.6 Å². The summed E-state index contributed by atoms with van der Waals surface area (Å²) < 4.78 is 0. The van der Waals surface area contributed by atoms with E-state index in [0.717, 1.165) is 0 Å². The first kappa shape index (κ1) is 13.0. The number of rotatable bonds is 1. The Morgan fingerprint density at radius 2 is 1.59 bits per heavy atom. The molecule has 1 aromatic rings. The number of carbonyl (C=O) groups is 2. The molecule has 0 fully saturated rings. The number of nitrogens with one attached hydrogen (secondary N) is 2. The molecule has 1 aromatic carbocycles. The molecule has 2 amide bonds. The Labute approximate surface area is 99.8 Å². The normalized spacial score (nSPS) is 10.8. The van der Waals surface area contributed by atoms with Gasteiger partial charge in [-0.2, -0.15) is 0 Å². The summed E-state index contributed by atoms with van der Waals surface area (Å²) in [6.45, 7) is 5.37. The van der Waals surface area contributed by atoms with E-state index in [1.165, 1.54) is 24.3 Å². The van der Waals surface area contributed by atoms with Crippen molar-refractivity contribution in [2.45, 2.75) is 26.3 Å². The fourth-order valence-corrected chi connectivity index (χ4v) is 1.13. The van der Waals surface area contributed by atoms with Gasteiger partial charge in [-0.3, -0.25) is 9.59 Å². The first-order valence-corrected chi connectivity index (χ1v) is 5.20. The van der Waals surface area contributed by atoms with Gasteiger partial charge in [0.2, 0.25) is 0 Å².